The van der Waals surface area contributed by atoms with Crippen molar-refractivity contribution < 1.29 is 0 Å². The summed E-state index contributed by atoms with van der Waals surface area (Å²) in [6.45, 7) is 2.52. The summed E-state index contributed by atoms with van der Waals surface area (Å²) in [6.07, 6.45) is 0. The molecule has 0 atom stereocenters. The van der Waals surface area contributed by atoms with Crippen molar-refractivity contribution in [2.45, 2.75) is 24.4 Å². The molecule has 0 spiro atoms. The minimum absolute atomic E-state index is 0.583. The molecule has 0 amide bonds. The van der Waals surface area contributed by atoms with Gasteiger partial charge >= 0.3 is 0 Å². The average molecular weight is 388 g/mol. The van der Waals surface area contributed by atoms with Crippen LogP contribution >= 0.6 is 11.8 Å². The molecule has 5 aromatic rings. The molecule has 0 aliphatic rings. The predicted molar refractivity (Wildman–Crippen MR) is 106 cm³/mol. The molecule has 3 heterocycles. The Morgan fingerprint density at radius 2 is 1.79 bits per heavy atom. The Balaban J connectivity index is 1.46. The fraction of sp³-hybridized carbons (Fsp3) is 0.158. The highest BCUT2D eigenvalue weighted by molar-refractivity contribution is 7.98. The molecular weight excluding hydrogens is 372 g/mol. The molecule has 0 unspecified atom stereocenters. The topological polar surface area (TPSA) is 86.7 Å². The summed E-state index contributed by atoms with van der Waals surface area (Å²) in [6, 6.07) is 18.1. The number of hydrogen-bond donors (Lipinski definition) is 0. The van der Waals surface area contributed by atoms with Gasteiger partial charge in [-0.2, -0.15) is 4.52 Å². The quantitative estimate of drug-likeness (QED) is 0.338. The second kappa shape index (κ2) is 7.01. The molecule has 0 saturated heterocycles. The van der Waals surface area contributed by atoms with Gasteiger partial charge < -0.3 is 0 Å². The van der Waals surface area contributed by atoms with E-state index in [0.29, 0.717) is 18.1 Å². The molecule has 0 radical (unpaired) electrons. The van der Waals surface area contributed by atoms with E-state index in [1.54, 1.807) is 16.3 Å². The Kier molecular flexibility index (Phi) is 4.21. The lowest BCUT2D eigenvalue weighted by molar-refractivity contribution is 0.631. The molecule has 8 nitrogen and oxygen atoms in total. The Labute approximate surface area is 164 Å². The van der Waals surface area contributed by atoms with Crippen molar-refractivity contribution in [1.82, 2.24) is 39.8 Å². The van der Waals surface area contributed by atoms with Gasteiger partial charge in [0.2, 0.25) is 0 Å². The predicted octanol–water partition coefficient (Wildman–Crippen LogP) is 2.91. The molecular formula is C19H16N8S. The van der Waals surface area contributed by atoms with E-state index < -0.39 is 0 Å². The first kappa shape index (κ1) is 16.8. The number of para-hydroxylation sites is 1. The monoisotopic (exact) mass is 388 g/mol. The number of aromatic nitrogens is 8. The Morgan fingerprint density at radius 1 is 0.964 bits per heavy atom. The van der Waals surface area contributed by atoms with E-state index in [-0.39, 0.29) is 0 Å². The van der Waals surface area contributed by atoms with E-state index in [1.807, 2.05) is 54.1 Å². The number of fused-ring (bicyclic) bond motifs is 3. The molecule has 0 aliphatic heterocycles. The maximum absolute atomic E-state index is 4.78. The molecule has 0 N–H and O–H groups in total. The van der Waals surface area contributed by atoms with Gasteiger partial charge in [0.25, 0.3) is 0 Å². The lowest BCUT2D eigenvalue weighted by Gasteiger charge is -2.07. The van der Waals surface area contributed by atoms with Crippen molar-refractivity contribution in [2.75, 3.05) is 0 Å². The van der Waals surface area contributed by atoms with E-state index in [2.05, 4.69) is 37.7 Å². The van der Waals surface area contributed by atoms with Crippen LogP contribution in [0.25, 0.3) is 16.6 Å². The van der Waals surface area contributed by atoms with Gasteiger partial charge in [0, 0.05) is 5.39 Å². The highest BCUT2D eigenvalue weighted by Crippen LogP contribution is 2.25. The third-order valence-corrected chi connectivity index (χ3v) is 5.29. The minimum atomic E-state index is 0.583. The van der Waals surface area contributed by atoms with Gasteiger partial charge in [-0.3, -0.25) is 0 Å². The third kappa shape index (κ3) is 3.09. The van der Waals surface area contributed by atoms with Crippen LogP contribution < -0.4 is 0 Å². The van der Waals surface area contributed by atoms with Crippen LogP contribution in [0, 0.1) is 6.92 Å². The molecule has 0 bridgehead atoms. The molecule has 0 saturated carbocycles. The van der Waals surface area contributed by atoms with E-state index in [0.717, 1.165) is 33.1 Å². The van der Waals surface area contributed by atoms with Crippen molar-refractivity contribution in [1.29, 1.82) is 0 Å². The maximum Gasteiger partial charge on any atom is 0.192 e. The van der Waals surface area contributed by atoms with Crippen molar-refractivity contribution in [3.05, 3.63) is 71.8 Å². The van der Waals surface area contributed by atoms with Crippen molar-refractivity contribution in [3.63, 3.8) is 0 Å². The lowest BCUT2D eigenvalue weighted by atomic mass is 10.2. The SMILES string of the molecule is Cc1nc2c3ccccc3nc(SCc3nnnn3Cc3ccccc3)n2n1. The fourth-order valence-electron chi connectivity index (χ4n) is 3.06. The summed E-state index contributed by atoms with van der Waals surface area (Å²) in [5.74, 6) is 2.09. The molecule has 9 heteroatoms. The number of aryl methyl sites for hydroxylation is 1. The van der Waals surface area contributed by atoms with E-state index >= 15 is 0 Å². The molecule has 3 aromatic heterocycles. The Morgan fingerprint density at radius 3 is 2.68 bits per heavy atom. The van der Waals surface area contributed by atoms with Crippen LogP contribution in [0.4, 0.5) is 0 Å². The summed E-state index contributed by atoms with van der Waals surface area (Å²) in [5.41, 5.74) is 2.86. The maximum atomic E-state index is 4.78. The number of thioether (sulfide) groups is 1. The van der Waals surface area contributed by atoms with E-state index in [4.69, 9.17) is 4.98 Å². The van der Waals surface area contributed by atoms with Gasteiger partial charge in [0.1, 0.15) is 5.82 Å². The molecule has 0 fully saturated rings. The second-order valence-electron chi connectivity index (χ2n) is 6.33. The summed E-state index contributed by atoms with van der Waals surface area (Å²) < 4.78 is 3.61. The van der Waals surface area contributed by atoms with Crippen molar-refractivity contribution >= 4 is 28.3 Å². The van der Waals surface area contributed by atoms with Gasteiger partial charge in [0.15, 0.2) is 16.6 Å². The highest BCUT2D eigenvalue weighted by atomic mass is 32.2. The van der Waals surface area contributed by atoms with Crippen LogP contribution in [0.3, 0.4) is 0 Å². The third-order valence-electron chi connectivity index (χ3n) is 4.37. The zero-order valence-electron chi connectivity index (χ0n) is 15.1. The van der Waals surface area contributed by atoms with Crippen LogP contribution in [0.15, 0.2) is 59.8 Å². The van der Waals surface area contributed by atoms with Crippen LogP contribution in [0.1, 0.15) is 17.2 Å². The largest absolute Gasteiger partial charge is 0.224 e. The Bertz CT molecular complexity index is 1260. The average Bonchev–Trinajstić information content (AvgIpc) is 3.33. The van der Waals surface area contributed by atoms with Crippen LogP contribution in [0.2, 0.25) is 0 Å². The number of rotatable bonds is 5. The van der Waals surface area contributed by atoms with Crippen LogP contribution in [-0.2, 0) is 12.3 Å². The van der Waals surface area contributed by atoms with E-state index in [1.165, 1.54) is 0 Å². The first-order chi connectivity index (χ1) is 13.8. The summed E-state index contributed by atoms with van der Waals surface area (Å²) >= 11 is 1.55. The number of benzene rings is 2. The first-order valence-electron chi connectivity index (χ1n) is 8.82. The van der Waals surface area contributed by atoms with Gasteiger partial charge in [0.05, 0.1) is 17.8 Å². The second-order valence-corrected chi connectivity index (χ2v) is 7.28. The molecule has 2 aromatic carbocycles. The van der Waals surface area contributed by atoms with Crippen LogP contribution in [0.5, 0.6) is 0 Å². The number of hydrogen-bond acceptors (Lipinski definition) is 7. The fourth-order valence-corrected chi connectivity index (χ4v) is 3.94. The summed E-state index contributed by atoms with van der Waals surface area (Å²) in [7, 11) is 0. The zero-order valence-corrected chi connectivity index (χ0v) is 15.9. The van der Waals surface area contributed by atoms with Gasteiger partial charge in [-0.1, -0.05) is 54.2 Å². The number of nitrogens with zero attached hydrogens (tertiary/aromatic N) is 8. The smallest absolute Gasteiger partial charge is 0.192 e. The minimum Gasteiger partial charge on any atom is -0.224 e. The zero-order chi connectivity index (χ0) is 18.9. The normalized spacial score (nSPS) is 11.5. The van der Waals surface area contributed by atoms with Gasteiger partial charge in [-0.05, 0) is 35.0 Å². The first-order valence-corrected chi connectivity index (χ1v) is 9.80. The van der Waals surface area contributed by atoms with Gasteiger partial charge in [-0.25, -0.2) is 14.6 Å². The van der Waals surface area contributed by atoms with Gasteiger partial charge in [-0.15, -0.1) is 10.2 Å². The summed E-state index contributed by atoms with van der Waals surface area (Å²) in [4.78, 5) is 9.35. The highest BCUT2D eigenvalue weighted by Gasteiger charge is 2.14. The molecule has 5 rings (SSSR count). The van der Waals surface area contributed by atoms with Crippen molar-refractivity contribution in [2.24, 2.45) is 0 Å². The molecule has 138 valence electrons. The molecule has 28 heavy (non-hydrogen) atoms. The Hall–Kier alpha value is -3.33. The van der Waals surface area contributed by atoms with Crippen LogP contribution in [-0.4, -0.2) is 39.8 Å². The molecule has 0 aliphatic carbocycles. The summed E-state index contributed by atoms with van der Waals surface area (Å²) in [5, 5.41) is 18.4. The lowest BCUT2D eigenvalue weighted by Crippen LogP contribution is -2.07. The van der Waals surface area contributed by atoms with E-state index in [9.17, 15) is 0 Å². The van der Waals surface area contributed by atoms with Crippen molar-refractivity contribution in [3.8, 4) is 0 Å². The standard InChI is InChI=1S/C19H16N8S/c1-13-20-18-15-9-5-6-10-16(15)21-19(27(18)23-13)28-12-17-22-24-25-26(17)11-14-7-3-2-4-8-14/h2-10H,11-12H2,1H3. The number of tetrazole rings is 1.